The highest BCUT2D eigenvalue weighted by Crippen LogP contribution is 2.39. The molecule has 270 valence electrons. The highest BCUT2D eigenvalue weighted by atomic mass is 32.2. The average Bonchev–Trinajstić information content (AvgIpc) is 2.97. The molecule has 3 aromatic rings. The first-order valence-electron chi connectivity index (χ1n) is 14.5. The summed E-state index contributed by atoms with van der Waals surface area (Å²) >= 11 is 0. The number of aliphatic hydroxyl groups is 2. The monoisotopic (exact) mass is 699 g/mol. The quantitative estimate of drug-likeness (QED) is 0.133. The van der Waals surface area contributed by atoms with E-state index in [-0.39, 0.29) is 47.7 Å². The van der Waals surface area contributed by atoms with Crippen molar-refractivity contribution in [2.45, 2.75) is 33.5 Å². The molecule has 0 saturated carbocycles. The molecule has 0 bridgehead atoms. The minimum Gasteiger partial charge on any atom is -0.508 e. The molecule has 48 heavy (non-hydrogen) atoms. The maximum atomic E-state index is 10.0. The summed E-state index contributed by atoms with van der Waals surface area (Å²) in [6.07, 6.45) is 0. The average molecular weight is 700 g/mol. The zero-order valence-electron chi connectivity index (χ0n) is 28.4. The lowest BCUT2D eigenvalue weighted by Gasteiger charge is -2.19. The minimum absolute atomic E-state index is 0.0489. The van der Waals surface area contributed by atoms with E-state index >= 15 is 0 Å². The zero-order valence-corrected chi connectivity index (χ0v) is 29.2. The van der Waals surface area contributed by atoms with Gasteiger partial charge in [0.25, 0.3) is 0 Å². The van der Waals surface area contributed by atoms with Crippen LogP contribution in [0.3, 0.4) is 0 Å². The Morgan fingerprint density at radius 3 is 1.46 bits per heavy atom. The summed E-state index contributed by atoms with van der Waals surface area (Å²) in [5.41, 5.74) is 3.13. The fourth-order valence-electron chi connectivity index (χ4n) is 4.13. The predicted octanol–water partition coefficient (Wildman–Crippen LogP) is 1.82. The molecule has 0 radical (unpaired) electrons. The van der Waals surface area contributed by atoms with Gasteiger partial charge in [-0.15, -0.1) is 12.6 Å². The number of aryl methyl sites for hydroxylation is 2. The van der Waals surface area contributed by atoms with E-state index in [1.807, 2.05) is 42.9 Å². The maximum absolute atomic E-state index is 10.0. The van der Waals surface area contributed by atoms with E-state index in [4.69, 9.17) is 37.8 Å². The van der Waals surface area contributed by atoms with Gasteiger partial charge < -0.3 is 50.5 Å². The Morgan fingerprint density at radius 1 is 0.646 bits per heavy atom. The minimum atomic E-state index is -3.11. The number of nitrogens with zero attached hydrogens (tertiary/aromatic N) is 3. The second-order valence-electron chi connectivity index (χ2n) is 11.0. The SMILES string of the molecule is CN(CCO)Cc1cc(O)c(CN(C)CCO)cc1O.COc1c(O)c(C)cc(O)c1CN(C)C.Cc1cc(O)ccc1O.O=S(=O)=O. The van der Waals surface area contributed by atoms with Crippen LogP contribution in [0.1, 0.15) is 27.8 Å². The number of rotatable bonds is 11. The zero-order chi connectivity index (χ0) is 37.1. The summed E-state index contributed by atoms with van der Waals surface area (Å²) in [4.78, 5) is 5.60. The molecular formula is C32H49N3O12S. The van der Waals surface area contributed by atoms with Gasteiger partial charge in [-0.3, -0.25) is 9.80 Å². The van der Waals surface area contributed by atoms with Crippen LogP contribution in [0.15, 0.2) is 36.4 Å². The Morgan fingerprint density at radius 2 is 1.10 bits per heavy atom. The Bertz CT molecular complexity index is 1490. The topological polar surface area (TPSA) is 232 Å². The van der Waals surface area contributed by atoms with Crippen LogP contribution in [0.4, 0.5) is 0 Å². The van der Waals surface area contributed by atoms with Crippen LogP contribution in [0.2, 0.25) is 0 Å². The first kappa shape index (κ1) is 43.7. The van der Waals surface area contributed by atoms with Gasteiger partial charge in [-0.05, 0) is 89.6 Å². The van der Waals surface area contributed by atoms with Crippen molar-refractivity contribution in [3.8, 4) is 40.2 Å². The Labute approximate surface area is 282 Å². The molecule has 3 rings (SSSR count). The second kappa shape index (κ2) is 22.3. The van der Waals surface area contributed by atoms with Crippen molar-refractivity contribution >= 4 is 10.6 Å². The molecule has 0 aliphatic rings. The molecule has 0 amide bonds. The Kier molecular flexibility index (Phi) is 20.3. The number of aliphatic hydroxyl groups excluding tert-OH is 2. The van der Waals surface area contributed by atoms with Crippen molar-refractivity contribution in [1.29, 1.82) is 0 Å². The Hall–Kier alpha value is -4.32. The number of aromatic hydroxyl groups is 6. The largest absolute Gasteiger partial charge is 0.508 e. The molecule has 0 aromatic heterocycles. The summed E-state index contributed by atoms with van der Waals surface area (Å²) in [6.45, 7) is 5.97. The number of benzene rings is 3. The molecule has 0 spiro atoms. The third-order valence-corrected chi connectivity index (χ3v) is 6.51. The highest BCUT2D eigenvalue weighted by Gasteiger charge is 2.17. The smallest absolute Gasteiger partial charge is 0.425 e. The molecule has 0 unspecified atom stereocenters. The van der Waals surface area contributed by atoms with Crippen molar-refractivity contribution in [2.24, 2.45) is 0 Å². The molecule has 3 aromatic carbocycles. The number of phenols is 6. The van der Waals surface area contributed by atoms with Gasteiger partial charge in [0.15, 0.2) is 11.5 Å². The molecule has 16 heteroatoms. The normalized spacial score (nSPS) is 10.4. The summed E-state index contributed by atoms with van der Waals surface area (Å²) in [5.74, 6) is 1.24. The molecule has 8 N–H and O–H groups in total. The van der Waals surface area contributed by atoms with E-state index in [1.165, 1.54) is 31.4 Å². The van der Waals surface area contributed by atoms with E-state index in [1.54, 1.807) is 26.0 Å². The standard InChI is InChI=1S/C14H24N2O4.C11H17NO3.C7H8O2.O3S/c1-15(3-5-17)9-11-7-14(20)12(8-13(11)19)10-16(2)4-6-18;1-7-5-9(13)8(6-12(2)3)11(15-4)10(7)14;1-5-4-6(8)2-3-7(5)9;1-4(2)3/h7-8,17-20H,3-6,9-10H2,1-2H3;5,13-14H,6H2,1-4H3;2-4,8-9H,1H3;. The van der Waals surface area contributed by atoms with E-state index in [0.717, 1.165) is 0 Å². The number of ether oxygens (including phenoxy) is 1. The van der Waals surface area contributed by atoms with Gasteiger partial charge in [-0.1, -0.05) is 0 Å². The molecule has 0 fully saturated rings. The molecule has 0 saturated heterocycles. The molecule has 15 nitrogen and oxygen atoms in total. The highest BCUT2D eigenvalue weighted by molar-refractivity contribution is 7.59. The fourth-order valence-corrected chi connectivity index (χ4v) is 4.13. The van der Waals surface area contributed by atoms with Crippen molar-refractivity contribution in [1.82, 2.24) is 14.7 Å². The Balaban J connectivity index is 0.000000690. The van der Waals surface area contributed by atoms with Gasteiger partial charge in [-0.2, -0.15) is 0 Å². The number of likely N-dealkylation sites (N-methyl/N-ethyl adjacent to an activating group) is 2. The molecular weight excluding hydrogens is 650 g/mol. The number of methoxy groups -OCH3 is 1. The van der Waals surface area contributed by atoms with Gasteiger partial charge in [-0.25, -0.2) is 0 Å². The maximum Gasteiger partial charge on any atom is 0.425 e. The van der Waals surface area contributed by atoms with Crippen LogP contribution < -0.4 is 4.74 Å². The van der Waals surface area contributed by atoms with Gasteiger partial charge in [0.05, 0.1) is 25.9 Å². The van der Waals surface area contributed by atoms with E-state index < -0.39 is 10.6 Å². The van der Waals surface area contributed by atoms with Crippen molar-refractivity contribution in [2.75, 3.05) is 61.6 Å². The van der Waals surface area contributed by atoms with E-state index in [2.05, 4.69) is 0 Å². The van der Waals surface area contributed by atoms with Crippen LogP contribution in [-0.2, 0) is 30.2 Å². The van der Waals surface area contributed by atoms with Crippen LogP contribution >= 0.6 is 0 Å². The third-order valence-electron chi connectivity index (χ3n) is 6.51. The first-order chi connectivity index (χ1) is 22.4. The van der Waals surface area contributed by atoms with Crippen LogP contribution in [0, 0.1) is 13.8 Å². The number of phenolic OH excluding ortho intramolecular Hbond substituents is 6. The summed E-state index contributed by atoms with van der Waals surface area (Å²) in [5, 5.41) is 75.0. The van der Waals surface area contributed by atoms with E-state index in [9.17, 15) is 20.4 Å². The van der Waals surface area contributed by atoms with Gasteiger partial charge in [0.1, 0.15) is 28.7 Å². The number of hydrogen-bond acceptors (Lipinski definition) is 15. The van der Waals surface area contributed by atoms with Crippen LogP contribution in [0.5, 0.6) is 40.2 Å². The summed E-state index contributed by atoms with van der Waals surface area (Å²) in [6, 6.07) is 9.05. The summed E-state index contributed by atoms with van der Waals surface area (Å²) in [7, 11) is 5.80. The van der Waals surface area contributed by atoms with Crippen molar-refractivity contribution in [3.63, 3.8) is 0 Å². The van der Waals surface area contributed by atoms with E-state index in [0.29, 0.717) is 66.3 Å². The first-order valence-corrected chi connectivity index (χ1v) is 15.5. The molecule has 0 heterocycles. The lowest BCUT2D eigenvalue weighted by Crippen LogP contribution is -2.22. The van der Waals surface area contributed by atoms with Crippen LogP contribution in [-0.4, -0.2) is 130 Å². The third kappa shape index (κ3) is 16.5. The lowest BCUT2D eigenvalue weighted by atomic mass is 10.1. The molecule has 0 atom stereocenters. The van der Waals surface area contributed by atoms with Crippen LogP contribution in [0.25, 0.3) is 0 Å². The summed E-state index contributed by atoms with van der Waals surface area (Å²) < 4.78 is 30.4. The lowest BCUT2D eigenvalue weighted by molar-refractivity contribution is 0.214. The molecule has 0 aliphatic carbocycles. The fraction of sp³-hybridized carbons (Fsp3) is 0.438. The van der Waals surface area contributed by atoms with Crippen molar-refractivity contribution in [3.05, 3.63) is 64.2 Å². The van der Waals surface area contributed by atoms with Crippen molar-refractivity contribution < 1.29 is 58.2 Å². The number of hydrogen-bond donors (Lipinski definition) is 8. The van der Waals surface area contributed by atoms with Gasteiger partial charge in [0.2, 0.25) is 0 Å². The second-order valence-corrected chi connectivity index (χ2v) is 11.4. The predicted molar refractivity (Wildman–Crippen MR) is 179 cm³/mol. The van der Waals surface area contributed by atoms with Gasteiger partial charge in [0, 0.05) is 43.9 Å². The molecule has 0 aliphatic heterocycles. The van der Waals surface area contributed by atoms with Gasteiger partial charge >= 0.3 is 10.6 Å².